The molecule has 66 valence electrons. The summed E-state index contributed by atoms with van der Waals surface area (Å²) in [6.45, 7) is 2.00. The van der Waals surface area contributed by atoms with Crippen LogP contribution in [0.3, 0.4) is 0 Å². The number of rotatable bonds is 1. The standard InChI is InChI=1S/C7H7FO2.CH2O/c1-10-7-3-2-5(8)4-6(7)9;1-2/h2-4,9H,1H3;1H2. The number of halogens is 1. The van der Waals surface area contributed by atoms with Gasteiger partial charge in [-0.2, -0.15) is 0 Å². The van der Waals surface area contributed by atoms with E-state index in [0.717, 1.165) is 6.07 Å². The van der Waals surface area contributed by atoms with E-state index in [4.69, 9.17) is 9.90 Å². The van der Waals surface area contributed by atoms with Gasteiger partial charge < -0.3 is 14.6 Å². The molecule has 3 nitrogen and oxygen atoms in total. The smallest absolute Gasteiger partial charge is 0.160 e. The third kappa shape index (κ3) is 2.57. The average Bonchev–Trinajstić information content (AvgIpc) is 2.08. The van der Waals surface area contributed by atoms with Gasteiger partial charge in [-0.25, -0.2) is 4.39 Å². The number of hydrogen-bond donors (Lipinski definition) is 1. The Morgan fingerprint density at radius 1 is 1.50 bits per heavy atom. The van der Waals surface area contributed by atoms with Crippen LogP contribution in [0.1, 0.15) is 0 Å². The van der Waals surface area contributed by atoms with Crippen molar-refractivity contribution in [1.29, 1.82) is 0 Å². The molecule has 0 heterocycles. The zero-order chi connectivity index (χ0) is 9.56. The third-order valence-corrected chi connectivity index (χ3v) is 1.14. The summed E-state index contributed by atoms with van der Waals surface area (Å²) in [6, 6.07) is 3.59. The van der Waals surface area contributed by atoms with Crippen molar-refractivity contribution >= 4 is 6.79 Å². The number of carbonyl (C=O) groups excluding carboxylic acids is 1. The van der Waals surface area contributed by atoms with Gasteiger partial charge in [0.2, 0.25) is 0 Å². The monoisotopic (exact) mass is 172 g/mol. The number of aromatic hydroxyl groups is 1. The topological polar surface area (TPSA) is 46.5 Å². The summed E-state index contributed by atoms with van der Waals surface area (Å²) in [4.78, 5) is 8.00. The van der Waals surface area contributed by atoms with Gasteiger partial charge in [0.25, 0.3) is 0 Å². The van der Waals surface area contributed by atoms with Crippen LogP contribution in [0, 0.1) is 5.82 Å². The molecule has 4 heteroatoms. The number of phenolic OH excluding ortho intramolecular Hbond substituents is 1. The average molecular weight is 172 g/mol. The zero-order valence-electron chi connectivity index (χ0n) is 6.58. The Labute approximate surface area is 69.4 Å². The fourth-order valence-electron chi connectivity index (χ4n) is 0.663. The summed E-state index contributed by atoms with van der Waals surface area (Å²) in [5.74, 6) is -0.373. The molecule has 0 atom stereocenters. The molecule has 0 bridgehead atoms. The van der Waals surface area contributed by atoms with Crippen molar-refractivity contribution in [2.75, 3.05) is 7.11 Å². The number of carbonyl (C=O) groups is 1. The van der Waals surface area contributed by atoms with E-state index in [9.17, 15) is 4.39 Å². The molecule has 1 rings (SSSR count). The number of benzene rings is 1. The first kappa shape index (κ1) is 10.4. The van der Waals surface area contributed by atoms with Crippen LogP contribution in [0.5, 0.6) is 11.5 Å². The number of ether oxygens (including phenoxy) is 1. The van der Waals surface area contributed by atoms with Gasteiger partial charge in [0.15, 0.2) is 11.5 Å². The molecule has 0 aliphatic heterocycles. The van der Waals surface area contributed by atoms with Crippen molar-refractivity contribution in [2.24, 2.45) is 0 Å². The molecule has 1 N–H and O–H groups in total. The van der Waals surface area contributed by atoms with Gasteiger partial charge in [-0.1, -0.05) is 0 Å². The Bertz CT molecular complexity index is 250. The Kier molecular flexibility index (Phi) is 4.45. The lowest BCUT2D eigenvalue weighted by molar-refractivity contribution is -0.0979. The van der Waals surface area contributed by atoms with Crippen LogP contribution in [-0.2, 0) is 4.79 Å². The summed E-state index contributed by atoms with van der Waals surface area (Å²) in [7, 11) is 1.41. The summed E-state index contributed by atoms with van der Waals surface area (Å²) in [5, 5.41) is 8.93. The van der Waals surface area contributed by atoms with Crippen molar-refractivity contribution in [3.63, 3.8) is 0 Å². The lowest BCUT2D eigenvalue weighted by Gasteiger charge is -2.00. The molecule has 0 spiro atoms. The van der Waals surface area contributed by atoms with Crippen molar-refractivity contribution < 1.29 is 19.0 Å². The molecule has 0 unspecified atom stereocenters. The van der Waals surface area contributed by atoms with E-state index < -0.39 is 5.82 Å². The summed E-state index contributed by atoms with van der Waals surface area (Å²) in [5.41, 5.74) is 0. The molecule has 0 saturated carbocycles. The zero-order valence-corrected chi connectivity index (χ0v) is 6.58. The first-order chi connectivity index (χ1) is 5.74. The maximum absolute atomic E-state index is 12.3. The molecule has 0 radical (unpaired) electrons. The highest BCUT2D eigenvalue weighted by Gasteiger charge is 1.99. The van der Waals surface area contributed by atoms with Gasteiger partial charge in [0.1, 0.15) is 12.6 Å². The van der Waals surface area contributed by atoms with Crippen LogP contribution >= 0.6 is 0 Å². The van der Waals surface area contributed by atoms with Crippen LogP contribution in [0.15, 0.2) is 18.2 Å². The van der Waals surface area contributed by atoms with Crippen molar-refractivity contribution in [3.05, 3.63) is 24.0 Å². The largest absolute Gasteiger partial charge is 0.504 e. The fourth-order valence-corrected chi connectivity index (χ4v) is 0.663. The fraction of sp³-hybridized carbons (Fsp3) is 0.125. The first-order valence-electron chi connectivity index (χ1n) is 3.05. The van der Waals surface area contributed by atoms with Crippen LogP contribution in [0.4, 0.5) is 4.39 Å². The summed E-state index contributed by atoms with van der Waals surface area (Å²) < 4.78 is 17.0. The maximum atomic E-state index is 12.3. The summed E-state index contributed by atoms with van der Waals surface area (Å²) >= 11 is 0. The minimum Gasteiger partial charge on any atom is -0.504 e. The first-order valence-corrected chi connectivity index (χ1v) is 3.05. The van der Waals surface area contributed by atoms with E-state index >= 15 is 0 Å². The van der Waals surface area contributed by atoms with Crippen LogP contribution in [0.2, 0.25) is 0 Å². The predicted octanol–water partition coefficient (Wildman–Crippen LogP) is 1.35. The lowest BCUT2D eigenvalue weighted by Crippen LogP contribution is -1.83. The van der Waals surface area contributed by atoms with Crippen molar-refractivity contribution in [2.45, 2.75) is 0 Å². The second-order valence-electron chi connectivity index (χ2n) is 1.82. The van der Waals surface area contributed by atoms with E-state index in [2.05, 4.69) is 4.74 Å². The molecule has 1 aromatic carbocycles. The SMILES string of the molecule is C=O.COc1ccc(F)cc1O. The lowest BCUT2D eigenvalue weighted by atomic mass is 10.3. The van der Waals surface area contributed by atoms with Crippen LogP contribution < -0.4 is 4.74 Å². The van der Waals surface area contributed by atoms with Crippen LogP contribution in [0.25, 0.3) is 0 Å². The molecular formula is C8H9FO3. The third-order valence-electron chi connectivity index (χ3n) is 1.14. The molecular weight excluding hydrogens is 163 g/mol. The molecule has 0 aliphatic carbocycles. The predicted molar refractivity (Wildman–Crippen MR) is 41.7 cm³/mol. The Hall–Kier alpha value is -1.58. The second kappa shape index (κ2) is 5.12. The molecule has 1 aromatic rings. The van der Waals surface area contributed by atoms with E-state index in [1.165, 1.54) is 19.2 Å². The minimum absolute atomic E-state index is 0.178. The Balaban J connectivity index is 0.000000561. The van der Waals surface area contributed by atoms with Gasteiger partial charge in [-0.05, 0) is 12.1 Å². The number of hydrogen-bond acceptors (Lipinski definition) is 3. The van der Waals surface area contributed by atoms with Gasteiger partial charge in [-0.15, -0.1) is 0 Å². The molecule has 0 aliphatic rings. The minimum atomic E-state index is -0.474. The summed E-state index contributed by atoms with van der Waals surface area (Å²) in [6.07, 6.45) is 0. The van der Waals surface area contributed by atoms with Gasteiger partial charge >= 0.3 is 0 Å². The molecule has 0 aromatic heterocycles. The Morgan fingerprint density at radius 2 is 2.08 bits per heavy atom. The maximum Gasteiger partial charge on any atom is 0.160 e. The quantitative estimate of drug-likeness (QED) is 0.695. The van der Waals surface area contributed by atoms with Crippen molar-refractivity contribution in [1.82, 2.24) is 0 Å². The van der Waals surface area contributed by atoms with Gasteiger partial charge in [0.05, 0.1) is 7.11 Å². The van der Waals surface area contributed by atoms with Crippen LogP contribution in [-0.4, -0.2) is 19.0 Å². The molecule has 0 saturated heterocycles. The molecule has 0 amide bonds. The second-order valence-corrected chi connectivity index (χ2v) is 1.82. The van der Waals surface area contributed by atoms with Gasteiger partial charge in [-0.3, -0.25) is 0 Å². The normalized spacial score (nSPS) is 8.17. The number of phenols is 1. The molecule has 12 heavy (non-hydrogen) atoms. The van der Waals surface area contributed by atoms with E-state index in [1.54, 1.807) is 0 Å². The van der Waals surface area contributed by atoms with Crippen molar-refractivity contribution in [3.8, 4) is 11.5 Å². The van der Waals surface area contributed by atoms with E-state index in [1.807, 2.05) is 6.79 Å². The van der Waals surface area contributed by atoms with E-state index in [0.29, 0.717) is 0 Å². The number of methoxy groups -OCH3 is 1. The highest BCUT2D eigenvalue weighted by Crippen LogP contribution is 2.24. The molecule has 0 fully saturated rings. The van der Waals surface area contributed by atoms with Gasteiger partial charge in [0, 0.05) is 6.07 Å². The highest BCUT2D eigenvalue weighted by molar-refractivity contribution is 5.38. The van der Waals surface area contributed by atoms with E-state index in [-0.39, 0.29) is 11.5 Å². The highest BCUT2D eigenvalue weighted by atomic mass is 19.1. The Morgan fingerprint density at radius 3 is 2.50 bits per heavy atom.